The summed E-state index contributed by atoms with van der Waals surface area (Å²) < 4.78 is 5.18. The lowest BCUT2D eigenvalue weighted by molar-refractivity contribution is -0.139. The van der Waals surface area contributed by atoms with Crippen molar-refractivity contribution in [3.8, 4) is 17.6 Å². The number of hydrogen-bond donors (Lipinski definition) is 1. The van der Waals surface area contributed by atoms with Crippen molar-refractivity contribution in [1.82, 2.24) is 0 Å². The lowest BCUT2D eigenvalue weighted by atomic mass is 10.1. The normalized spacial score (nSPS) is 9.45. The Morgan fingerprint density at radius 1 is 1.15 bits per heavy atom. The van der Waals surface area contributed by atoms with E-state index < -0.39 is 12.6 Å². The molecule has 0 aliphatic carbocycles. The number of rotatable bonds is 3. The molecule has 0 aliphatic rings. The number of carboxylic acid groups (broad SMARTS) is 1. The molecule has 0 saturated heterocycles. The fourth-order valence-corrected chi connectivity index (χ4v) is 1.70. The first-order valence-corrected chi connectivity index (χ1v) is 6.24. The molecule has 0 saturated carbocycles. The number of carbonyl (C=O) groups is 1. The maximum atomic E-state index is 10.5. The van der Waals surface area contributed by atoms with Gasteiger partial charge in [0.2, 0.25) is 0 Å². The summed E-state index contributed by atoms with van der Waals surface area (Å²) in [5, 5.41) is 9.16. The Morgan fingerprint density at radius 3 is 2.60 bits per heavy atom. The van der Waals surface area contributed by atoms with Crippen molar-refractivity contribution in [3.05, 3.63) is 64.7 Å². The van der Waals surface area contributed by atoms with Crippen LogP contribution in [0.5, 0.6) is 5.75 Å². The minimum Gasteiger partial charge on any atom is -0.481 e. The van der Waals surface area contributed by atoms with E-state index in [1.807, 2.05) is 30.3 Å². The molecular formula is C16H11ClO3. The van der Waals surface area contributed by atoms with Gasteiger partial charge in [0, 0.05) is 10.6 Å². The zero-order valence-electron chi connectivity index (χ0n) is 10.5. The highest BCUT2D eigenvalue weighted by Crippen LogP contribution is 2.22. The molecule has 0 spiro atoms. The van der Waals surface area contributed by atoms with Crippen molar-refractivity contribution in [2.45, 2.75) is 0 Å². The molecule has 0 atom stereocenters. The van der Waals surface area contributed by atoms with Crippen LogP contribution in [0, 0.1) is 11.8 Å². The first kappa shape index (κ1) is 14.0. The topological polar surface area (TPSA) is 46.5 Å². The number of benzene rings is 2. The highest BCUT2D eigenvalue weighted by Gasteiger charge is 2.05. The van der Waals surface area contributed by atoms with Gasteiger partial charge in [-0.15, -0.1) is 0 Å². The molecule has 0 aromatic heterocycles. The highest BCUT2D eigenvalue weighted by molar-refractivity contribution is 6.30. The minimum atomic E-state index is -1.04. The van der Waals surface area contributed by atoms with E-state index in [0.717, 1.165) is 5.56 Å². The number of ether oxygens (including phenoxy) is 1. The summed E-state index contributed by atoms with van der Waals surface area (Å²) in [5.74, 6) is 5.28. The number of halogens is 1. The van der Waals surface area contributed by atoms with Gasteiger partial charge in [0.25, 0.3) is 0 Å². The van der Waals surface area contributed by atoms with Crippen LogP contribution in [0.1, 0.15) is 11.1 Å². The molecule has 100 valence electrons. The Labute approximate surface area is 121 Å². The first-order chi connectivity index (χ1) is 9.65. The second kappa shape index (κ2) is 6.65. The van der Waals surface area contributed by atoms with Crippen LogP contribution in [0.2, 0.25) is 5.02 Å². The van der Waals surface area contributed by atoms with Gasteiger partial charge in [-0.1, -0.05) is 41.6 Å². The van der Waals surface area contributed by atoms with Gasteiger partial charge in [0.05, 0.1) is 5.56 Å². The van der Waals surface area contributed by atoms with Gasteiger partial charge in [0.15, 0.2) is 6.61 Å². The third-order valence-electron chi connectivity index (χ3n) is 2.41. The Morgan fingerprint density at radius 2 is 1.90 bits per heavy atom. The van der Waals surface area contributed by atoms with Crippen LogP contribution < -0.4 is 4.74 Å². The van der Waals surface area contributed by atoms with Crippen molar-refractivity contribution < 1.29 is 14.6 Å². The second-order valence-corrected chi connectivity index (χ2v) is 4.38. The first-order valence-electron chi connectivity index (χ1n) is 5.86. The largest absolute Gasteiger partial charge is 0.481 e. The SMILES string of the molecule is O=C(O)COc1ccc(Cl)cc1C#Cc1ccccc1. The van der Waals surface area contributed by atoms with E-state index in [-0.39, 0.29) is 0 Å². The molecule has 0 aliphatic heterocycles. The van der Waals surface area contributed by atoms with Gasteiger partial charge < -0.3 is 9.84 Å². The summed E-state index contributed by atoms with van der Waals surface area (Å²) in [6, 6.07) is 14.4. The average Bonchev–Trinajstić information content (AvgIpc) is 2.45. The number of carboxylic acids is 1. The molecule has 0 bridgehead atoms. The average molecular weight is 287 g/mol. The molecule has 0 unspecified atom stereocenters. The molecule has 0 fully saturated rings. The quantitative estimate of drug-likeness (QED) is 0.882. The second-order valence-electron chi connectivity index (χ2n) is 3.94. The summed E-state index contributed by atoms with van der Waals surface area (Å²) in [7, 11) is 0. The van der Waals surface area contributed by atoms with Crippen LogP contribution >= 0.6 is 11.6 Å². The predicted molar refractivity (Wildman–Crippen MR) is 77.0 cm³/mol. The fourth-order valence-electron chi connectivity index (χ4n) is 1.53. The van der Waals surface area contributed by atoms with Crippen LogP contribution in [0.3, 0.4) is 0 Å². The van der Waals surface area contributed by atoms with Crippen LogP contribution in [0.15, 0.2) is 48.5 Å². The van der Waals surface area contributed by atoms with E-state index in [0.29, 0.717) is 16.3 Å². The van der Waals surface area contributed by atoms with Gasteiger partial charge in [-0.3, -0.25) is 0 Å². The van der Waals surface area contributed by atoms with E-state index in [2.05, 4.69) is 11.8 Å². The molecule has 0 radical (unpaired) electrons. The summed E-state index contributed by atoms with van der Waals surface area (Å²) in [6.45, 7) is -0.415. The molecule has 4 heteroatoms. The molecule has 3 nitrogen and oxygen atoms in total. The highest BCUT2D eigenvalue weighted by atomic mass is 35.5. The van der Waals surface area contributed by atoms with Crippen molar-refractivity contribution in [1.29, 1.82) is 0 Å². The molecule has 0 amide bonds. The van der Waals surface area contributed by atoms with Gasteiger partial charge in [-0.2, -0.15) is 0 Å². The summed E-state index contributed by atoms with van der Waals surface area (Å²) in [5.41, 5.74) is 1.42. The fraction of sp³-hybridized carbons (Fsp3) is 0.0625. The Bertz CT molecular complexity index is 669. The lowest BCUT2D eigenvalue weighted by Gasteiger charge is -2.05. The zero-order valence-corrected chi connectivity index (χ0v) is 11.2. The number of hydrogen-bond acceptors (Lipinski definition) is 2. The van der Waals surface area contributed by atoms with Crippen molar-refractivity contribution >= 4 is 17.6 Å². The van der Waals surface area contributed by atoms with Gasteiger partial charge in [-0.05, 0) is 30.3 Å². The van der Waals surface area contributed by atoms with E-state index >= 15 is 0 Å². The zero-order chi connectivity index (χ0) is 14.4. The molecular weight excluding hydrogens is 276 g/mol. The molecule has 0 heterocycles. The Balaban J connectivity index is 2.28. The monoisotopic (exact) mass is 286 g/mol. The van der Waals surface area contributed by atoms with Gasteiger partial charge >= 0.3 is 5.97 Å². The summed E-state index contributed by atoms with van der Waals surface area (Å²) in [6.07, 6.45) is 0. The summed E-state index contributed by atoms with van der Waals surface area (Å²) in [4.78, 5) is 10.5. The molecule has 2 aromatic carbocycles. The maximum absolute atomic E-state index is 10.5. The van der Waals surface area contributed by atoms with Crippen molar-refractivity contribution in [2.75, 3.05) is 6.61 Å². The van der Waals surface area contributed by atoms with Crippen LogP contribution in [0.25, 0.3) is 0 Å². The summed E-state index contributed by atoms with van der Waals surface area (Å²) >= 11 is 5.92. The molecule has 2 aromatic rings. The number of aliphatic carboxylic acids is 1. The minimum absolute atomic E-state index is 0.403. The van der Waals surface area contributed by atoms with Crippen molar-refractivity contribution in [3.63, 3.8) is 0 Å². The maximum Gasteiger partial charge on any atom is 0.341 e. The van der Waals surface area contributed by atoms with Crippen LogP contribution in [-0.4, -0.2) is 17.7 Å². The van der Waals surface area contributed by atoms with E-state index in [4.69, 9.17) is 21.4 Å². The lowest BCUT2D eigenvalue weighted by Crippen LogP contribution is -2.10. The van der Waals surface area contributed by atoms with E-state index in [1.54, 1.807) is 18.2 Å². The van der Waals surface area contributed by atoms with E-state index in [1.165, 1.54) is 0 Å². The van der Waals surface area contributed by atoms with E-state index in [9.17, 15) is 4.79 Å². The Kier molecular flexibility index (Phi) is 4.65. The third kappa shape index (κ3) is 4.04. The standard InChI is InChI=1S/C16H11ClO3/c17-14-8-9-15(20-11-16(18)19)13(10-14)7-6-12-4-2-1-3-5-12/h1-5,8-10H,11H2,(H,18,19). The molecule has 1 N–H and O–H groups in total. The van der Waals surface area contributed by atoms with Gasteiger partial charge in [0.1, 0.15) is 5.75 Å². The third-order valence-corrected chi connectivity index (χ3v) is 2.64. The molecule has 2 rings (SSSR count). The van der Waals surface area contributed by atoms with Crippen LogP contribution in [-0.2, 0) is 4.79 Å². The van der Waals surface area contributed by atoms with Crippen LogP contribution in [0.4, 0.5) is 0 Å². The predicted octanol–water partition coefficient (Wildman–Crippen LogP) is 3.20. The Hall–Kier alpha value is -2.44. The smallest absolute Gasteiger partial charge is 0.341 e. The molecule has 20 heavy (non-hydrogen) atoms. The van der Waals surface area contributed by atoms with Crippen molar-refractivity contribution in [2.24, 2.45) is 0 Å². The van der Waals surface area contributed by atoms with Gasteiger partial charge in [-0.25, -0.2) is 4.79 Å².